The van der Waals surface area contributed by atoms with E-state index in [1.54, 1.807) is 29.0 Å². The second kappa shape index (κ2) is 5.60. The molecule has 3 heterocycles. The van der Waals surface area contributed by atoms with E-state index in [2.05, 4.69) is 4.98 Å². The molecule has 1 aromatic carbocycles. The first-order valence-corrected chi connectivity index (χ1v) is 8.18. The lowest BCUT2D eigenvalue weighted by Crippen LogP contribution is -2.21. The van der Waals surface area contributed by atoms with Gasteiger partial charge in [-0.25, -0.2) is 9.78 Å². The molecule has 4 aromatic rings. The predicted octanol–water partition coefficient (Wildman–Crippen LogP) is 3.17. The van der Waals surface area contributed by atoms with Crippen LogP contribution in [0.2, 0.25) is 5.15 Å². The summed E-state index contributed by atoms with van der Waals surface area (Å²) >= 11 is 6.06. The fourth-order valence-corrected chi connectivity index (χ4v) is 3.35. The SMILES string of the molecule is CCOC(=O)c1c(=O)c2ccc(Cl)nc2n2c3ccccc3n(C)c12. The van der Waals surface area contributed by atoms with Crippen LogP contribution in [0.4, 0.5) is 0 Å². The summed E-state index contributed by atoms with van der Waals surface area (Å²) < 4.78 is 8.71. The maximum Gasteiger partial charge on any atom is 0.345 e. The smallest absolute Gasteiger partial charge is 0.345 e. The minimum absolute atomic E-state index is 0.00262. The number of rotatable bonds is 2. The molecule has 0 N–H and O–H groups in total. The van der Waals surface area contributed by atoms with Gasteiger partial charge in [0.2, 0.25) is 5.43 Å². The van der Waals surface area contributed by atoms with Gasteiger partial charge in [0.1, 0.15) is 16.4 Å². The fourth-order valence-electron chi connectivity index (χ4n) is 3.21. The zero-order valence-electron chi connectivity index (χ0n) is 13.6. The average molecular weight is 356 g/mol. The van der Waals surface area contributed by atoms with Gasteiger partial charge in [0.25, 0.3) is 0 Å². The number of hydrogen-bond donors (Lipinski definition) is 0. The Morgan fingerprint density at radius 1 is 1.20 bits per heavy atom. The van der Waals surface area contributed by atoms with Crippen molar-refractivity contribution in [3.05, 3.63) is 57.3 Å². The lowest BCUT2D eigenvalue weighted by Gasteiger charge is -2.09. The molecule has 0 saturated heterocycles. The number of ether oxygens (including phenoxy) is 1. The number of pyridine rings is 2. The number of aromatic nitrogens is 3. The van der Waals surface area contributed by atoms with E-state index in [0.29, 0.717) is 16.7 Å². The highest BCUT2D eigenvalue weighted by atomic mass is 35.5. The maximum absolute atomic E-state index is 13.0. The number of hydrogen-bond acceptors (Lipinski definition) is 4. The Kier molecular flexibility index (Phi) is 3.51. The summed E-state index contributed by atoms with van der Waals surface area (Å²) in [5.74, 6) is -0.646. The van der Waals surface area contributed by atoms with Crippen molar-refractivity contribution >= 4 is 45.3 Å². The second-order valence-electron chi connectivity index (χ2n) is 5.64. The van der Waals surface area contributed by atoms with Gasteiger partial charge in [-0.05, 0) is 31.2 Å². The quantitative estimate of drug-likeness (QED) is 0.409. The molecule has 0 unspecified atom stereocenters. The van der Waals surface area contributed by atoms with Crippen molar-refractivity contribution < 1.29 is 9.53 Å². The Balaban J connectivity index is 2.36. The summed E-state index contributed by atoms with van der Waals surface area (Å²) in [5, 5.41) is 0.596. The topological polar surface area (TPSA) is 65.6 Å². The molecule has 0 amide bonds. The summed E-state index contributed by atoms with van der Waals surface area (Å²) in [5.41, 5.74) is 2.12. The summed E-state index contributed by atoms with van der Waals surface area (Å²) in [7, 11) is 1.80. The molecule has 4 rings (SSSR count). The molecule has 0 saturated carbocycles. The first-order chi connectivity index (χ1) is 12.0. The molecule has 0 radical (unpaired) electrons. The van der Waals surface area contributed by atoms with E-state index in [-0.39, 0.29) is 17.3 Å². The fraction of sp³-hybridized carbons (Fsp3) is 0.167. The van der Waals surface area contributed by atoms with Crippen LogP contribution in [0.1, 0.15) is 17.3 Å². The Bertz CT molecular complexity index is 1220. The van der Waals surface area contributed by atoms with Crippen LogP contribution in [0.25, 0.3) is 27.7 Å². The van der Waals surface area contributed by atoms with Gasteiger partial charge < -0.3 is 9.30 Å². The maximum atomic E-state index is 13.0. The number of para-hydroxylation sites is 2. The minimum atomic E-state index is -0.646. The van der Waals surface area contributed by atoms with Gasteiger partial charge in [0.05, 0.1) is 23.0 Å². The van der Waals surface area contributed by atoms with Gasteiger partial charge in [-0.15, -0.1) is 0 Å². The molecule has 0 atom stereocenters. The van der Waals surface area contributed by atoms with Gasteiger partial charge in [0, 0.05) is 7.05 Å². The highest BCUT2D eigenvalue weighted by Gasteiger charge is 2.24. The lowest BCUT2D eigenvalue weighted by molar-refractivity contribution is 0.0526. The van der Waals surface area contributed by atoms with Crippen LogP contribution >= 0.6 is 11.6 Å². The zero-order valence-corrected chi connectivity index (χ0v) is 14.4. The highest BCUT2D eigenvalue weighted by molar-refractivity contribution is 6.29. The third kappa shape index (κ3) is 2.14. The normalized spacial score (nSPS) is 11.5. The van der Waals surface area contributed by atoms with E-state index in [1.165, 1.54) is 6.07 Å². The molecule has 0 spiro atoms. The molecule has 126 valence electrons. The molecule has 0 aliphatic heterocycles. The van der Waals surface area contributed by atoms with E-state index in [9.17, 15) is 9.59 Å². The number of aryl methyl sites for hydroxylation is 1. The first kappa shape index (κ1) is 15.7. The van der Waals surface area contributed by atoms with Crippen molar-refractivity contribution in [2.24, 2.45) is 7.05 Å². The number of esters is 1. The van der Waals surface area contributed by atoms with Gasteiger partial charge in [-0.3, -0.25) is 9.20 Å². The van der Waals surface area contributed by atoms with Crippen LogP contribution in [0.5, 0.6) is 0 Å². The number of carbonyl (C=O) groups excluding carboxylic acids is 1. The molecule has 3 aromatic heterocycles. The van der Waals surface area contributed by atoms with Crippen LogP contribution in [-0.2, 0) is 11.8 Å². The van der Waals surface area contributed by atoms with Crippen molar-refractivity contribution in [3.8, 4) is 0 Å². The number of nitrogens with zero attached hydrogens (tertiary/aromatic N) is 3. The van der Waals surface area contributed by atoms with Crippen molar-refractivity contribution in [3.63, 3.8) is 0 Å². The van der Waals surface area contributed by atoms with E-state index in [1.807, 2.05) is 24.3 Å². The summed E-state index contributed by atoms with van der Waals surface area (Å²) in [6.07, 6.45) is 0. The van der Waals surface area contributed by atoms with Gasteiger partial charge >= 0.3 is 5.97 Å². The number of carbonyl (C=O) groups is 1. The monoisotopic (exact) mass is 355 g/mol. The van der Waals surface area contributed by atoms with Gasteiger partial charge in [-0.2, -0.15) is 0 Å². The van der Waals surface area contributed by atoms with Crippen LogP contribution < -0.4 is 5.43 Å². The summed E-state index contributed by atoms with van der Waals surface area (Å²) in [4.78, 5) is 29.8. The van der Waals surface area contributed by atoms with Crippen LogP contribution in [-0.4, -0.2) is 26.5 Å². The van der Waals surface area contributed by atoms with Gasteiger partial charge in [-0.1, -0.05) is 23.7 Å². The molecule has 0 fully saturated rings. The molecule has 7 heteroatoms. The molecule has 0 bridgehead atoms. The Morgan fingerprint density at radius 3 is 2.64 bits per heavy atom. The van der Waals surface area contributed by atoms with E-state index >= 15 is 0 Å². The molecular formula is C18H14ClN3O3. The standard InChI is InChI=1S/C18H14ClN3O3/c1-3-25-18(24)14-15(23)10-8-9-13(19)20-16(10)22-12-7-5-4-6-11(12)21(2)17(14)22/h4-9H,3H2,1-2H3. The Morgan fingerprint density at radius 2 is 1.92 bits per heavy atom. The second-order valence-corrected chi connectivity index (χ2v) is 6.02. The first-order valence-electron chi connectivity index (χ1n) is 7.80. The Labute approximate surface area is 147 Å². The number of imidazole rings is 1. The van der Waals surface area contributed by atoms with E-state index in [4.69, 9.17) is 16.3 Å². The highest BCUT2D eigenvalue weighted by Crippen LogP contribution is 2.26. The third-order valence-electron chi connectivity index (χ3n) is 4.24. The molecule has 0 aliphatic carbocycles. The van der Waals surface area contributed by atoms with Gasteiger partial charge in [0.15, 0.2) is 5.65 Å². The van der Waals surface area contributed by atoms with Crippen molar-refractivity contribution in [2.75, 3.05) is 6.61 Å². The average Bonchev–Trinajstić information content (AvgIpc) is 2.89. The zero-order chi connectivity index (χ0) is 17.7. The van der Waals surface area contributed by atoms with Crippen LogP contribution in [0.3, 0.4) is 0 Å². The third-order valence-corrected chi connectivity index (χ3v) is 4.45. The Hall–Kier alpha value is -2.86. The molecule has 6 nitrogen and oxygen atoms in total. The predicted molar refractivity (Wildman–Crippen MR) is 96.4 cm³/mol. The summed E-state index contributed by atoms with van der Waals surface area (Å²) in [6.45, 7) is 1.89. The van der Waals surface area contributed by atoms with Crippen LogP contribution in [0.15, 0.2) is 41.2 Å². The minimum Gasteiger partial charge on any atom is -0.462 e. The van der Waals surface area contributed by atoms with Crippen molar-refractivity contribution in [2.45, 2.75) is 6.92 Å². The number of benzene rings is 1. The largest absolute Gasteiger partial charge is 0.462 e. The number of halogens is 1. The van der Waals surface area contributed by atoms with Crippen LogP contribution in [0, 0.1) is 0 Å². The summed E-state index contributed by atoms with van der Waals surface area (Å²) in [6, 6.07) is 10.7. The molecule has 25 heavy (non-hydrogen) atoms. The van der Waals surface area contributed by atoms with Crippen molar-refractivity contribution in [1.82, 2.24) is 14.0 Å². The van der Waals surface area contributed by atoms with Crippen molar-refractivity contribution in [1.29, 1.82) is 0 Å². The lowest BCUT2D eigenvalue weighted by atomic mass is 10.2. The molecular weight excluding hydrogens is 342 g/mol. The van der Waals surface area contributed by atoms with E-state index in [0.717, 1.165) is 11.0 Å². The van der Waals surface area contributed by atoms with E-state index < -0.39 is 11.4 Å². The molecule has 0 aliphatic rings. The number of fused-ring (bicyclic) bond motifs is 5.